The van der Waals surface area contributed by atoms with Gasteiger partial charge in [0.25, 0.3) is 0 Å². The highest BCUT2D eigenvalue weighted by atomic mass is 19.1. The fourth-order valence-corrected chi connectivity index (χ4v) is 3.38. The monoisotopic (exact) mass is 377 g/mol. The van der Waals surface area contributed by atoms with Crippen molar-refractivity contribution in [2.75, 3.05) is 46.8 Å². The molecular weight excluding hydrogens is 341 g/mol. The molecule has 5 nitrogen and oxygen atoms in total. The van der Waals surface area contributed by atoms with E-state index < -0.39 is 0 Å². The third-order valence-electron chi connectivity index (χ3n) is 5.15. The highest BCUT2D eigenvalue weighted by molar-refractivity contribution is 5.79. The van der Waals surface area contributed by atoms with Gasteiger partial charge in [-0.05, 0) is 50.6 Å². The Bertz CT molecular complexity index is 552. The van der Waals surface area contributed by atoms with Gasteiger partial charge in [-0.15, -0.1) is 0 Å². The Hall–Kier alpha value is -1.66. The van der Waals surface area contributed by atoms with E-state index in [9.17, 15) is 4.39 Å². The Balaban J connectivity index is 1.65. The lowest BCUT2D eigenvalue weighted by Gasteiger charge is -2.33. The first-order valence-corrected chi connectivity index (χ1v) is 10.2. The molecule has 1 saturated heterocycles. The molecule has 0 radical (unpaired) electrons. The Kier molecular flexibility index (Phi) is 9.56. The number of likely N-dealkylation sites (tertiary alicyclic amines) is 1. The van der Waals surface area contributed by atoms with Gasteiger partial charge in [0.05, 0.1) is 0 Å². The number of hydrogen-bond acceptors (Lipinski definition) is 3. The van der Waals surface area contributed by atoms with E-state index >= 15 is 0 Å². The fraction of sp³-hybridized carbons (Fsp3) is 0.667. The van der Waals surface area contributed by atoms with Gasteiger partial charge in [-0.2, -0.15) is 0 Å². The van der Waals surface area contributed by atoms with Crippen LogP contribution in [0.15, 0.2) is 29.3 Å². The van der Waals surface area contributed by atoms with Crippen LogP contribution in [0.25, 0.3) is 0 Å². The molecule has 0 bridgehead atoms. The Morgan fingerprint density at radius 3 is 2.56 bits per heavy atom. The zero-order valence-electron chi connectivity index (χ0n) is 17.2. The molecule has 1 heterocycles. The van der Waals surface area contributed by atoms with Crippen LogP contribution < -0.4 is 10.6 Å². The first kappa shape index (κ1) is 21.6. The van der Waals surface area contributed by atoms with E-state index in [1.165, 1.54) is 18.4 Å². The van der Waals surface area contributed by atoms with Gasteiger partial charge < -0.3 is 15.5 Å². The molecule has 0 atom stereocenters. The summed E-state index contributed by atoms with van der Waals surface area (Å²) in [6, 6.07) is 7.29. The first-order chi connectivity index (χ1) is 13.1. The van der Waals surface area contributed by atoms with E-state index in [1.807, 2.05) is 19.2 Å². The molecule has 1 aliphatic rings. The van der Waals surface area contributed by atoms with Crippen LogP contribution in [0.1, 0.15) is 38.2 Å². The van der Waals surface area contributed by atoms with Gasteiger partial charge in [-0.25, -0.2) is 4.39 Å². The predicted molar refractivity (Wildman–Crippen MR) is 112 cm³/mol. The molecule has 0 aromatic heterocycles. The number of nitrogens with zero attached hydrogens (tertiary/aromatic N) is 3. The second kappa shape index (κ2) is 11.9. The smallest absolute Gasteiger partial charge is 0.191 e. The van der Waals surface area contributed by atoms with Crippen LogP contribution in [0.5, 0.6) is 0 Å². The van der Waals surface area contributed by atoms with Crippen LogP contribution >= 0.6 is 0 Å². The summed E-state index contributed by atoms with van der Waals surface area (Å²) in [4.78, 5) is 9.16. The standard InChI is InChI=1S/C21H36FN5/c1-4-5-13-26(3)16-12-24-21(23-2)25-20-10-14-27(15-11-20)17-18-6-8-19(22)9-7-18/h6-9,20H,4-5,10-17H2,1-3H3,(H2,23,24,25). The fourth-order valence-electron chi connectivity index (χ4n) is 3.38. The largest absolute Gasteiger partial charge is 0.355 e. The van der Waals surface area contributed by atoms with Crippen LogP contribution in [0.2, 0.25) is 0 Å². The molecule has 27 heavy (non-hydrogen) atoms. The molecule has 1 aromatic carbocycles. The van der Waals surface area contributed by atoms with Crippen molar-refractivity contribution in [3.8, 4) is 0 Å². The second-order valence-electron chi connectivity index (χ2n) is 7.48. The maximum atomic E-state index is 13.0. The topological polar surface area (TPSA) is 42.9 Å². The molecule has 1 aliphatic heterocycles. The van der Waals surface area contributed by atoms with Gasteiger partial charge >= 0.3 is 0 Å². The molecule has 152 valence electrons. The van der Waals surface area contributed by atoms with Crippen molar-refractivity contribution < 1.29 is 4.39 Å². The number of piperidine rings is 1. The van der Waals surface area contributed by atoms with Gasteiger partial charge in [-0.3, -0.25) is 9.89 Å². The van der Waals surface area contributed by atoms with Crippen LogP contribution in [-0.4, -0.2) is 68.6 Å². The lowest BCUT2D eigenvalue weighted by molar-refractivity contribution is 0.198. The minimum absolute atomic E-state index is 0.169. The average molecular weight is 378 g/mol. The van der Waals surface area contributed by atoms with Crippen molar-refractivity contribution in [3.63, 3.8) is 0 Å². The highest BCUT2D eigenvalue weighted by Gasteiger charge is 2.20. The highest BCUT2D eigenvalue weighted by Crippen LogP contribution is 2.14. The SMILES string of the molecule is CCCCN(C)CCNC(=NC)NC1CCN(Cc2ccc(F)cc2)CC1. The predicted octanol–water partition coefficient (Wildman–Crippen LogP) is 2.69. The van der Waals surface area contributed by atoms with Crippen LogP contribution in [0, 0.1) is 5.82 Å². The number of benzene rings is 1. The molecule has 1 aromatic rings. The van der Waals surface area contributed by atoms with Crippen molar-refractivity contribution in [1.29, 1.82) is 0 Å². The molecule has 0 saturated carbocycles. The third kappa shape index (κ3) is 8.26. The molecular formula is C21H36FN5. The summed E-state index contributed by atoms with van der Waals surface area (Å²) in [7, 11) is 4.00. The number of guanidine groups is 1. The van der Waals surface area contributed by atoms with Crippen LogP contribution in [0.3, 0.4) is 0 Å². The lowest BCUT2D eigenvalue weighted by atomic mass is 10.0. The Morgan fingerprint density at radius 2 is 1.93 bits per heavy atom. The van der Waals surface area contributed by atoms with E-state index in [1.54, 1.807) is 12.1 Å². The zero-order chi connectivity index (χ0) is 19.5. The number of unbranched alkanes of at least 4 members (excludes halogenated alkanes) is 1. The van der Waals surface area contributed by atoms with Crippen molar-refractivity contribution in [2.24, 2.45) is 4.99 Å². The minimum Gasteiger partial charge on any atom is -0.355 e. The number of hydrogen-bond donors (Lipinski definition) is 2. The van der Waals surface area contributed by atoms with Crippen molar-refractivity contribution in [3.05, 3.63) is 35.6 Å². The molecule has 2 N–H and O–H groups in total. The number of rotatable bonds is 9. The maximum Gasteiger partial charge on any atom is 0.191 e. The Morgan fingerprint density at radius 1 is 1.22 bits per heavy atom. The van der Waals surface area contributed by atoms with E-state index in [0.717, 1.165) is 58.1 Å². The maximum absolute atomic E-state index is 13.0. The van der Waals surface area contributed by atoms with Gasteiger partial charge in [-0.1, -0.05) is 25.5 Å². The minimum atomic E-state index is -0.169. The van der Waals surface area contributed by atoms with Gasteiger partial charge in [0.1, 0.15) is 5.82 Å². The van der Waals surface area contributed by atoms with Gasteiger partial charge in [0.2, 0.25) is 0 Å². The van der Waals surface area contributed by atoms with Gasteiger partial charge in [0, 0.05) is 45.8 Å². The van der Waals surface area contributed by atoms with E-state index in [0.29, 0.717) is 6.04 Å². The normalized spacial score (nSPS) is 16.7. The summed E-state index contributed by atoms with van der Waals surface area (Å²) in [5.41, 5.74) is 1.17. The third-order valence-corrected chi connectivity index (χ3v) is 5.15. The van der Waals surface area contributed by atoms with Gasteiger partial charge in [0.15, 0.2) is 5.96 Å². The van der Waals surface area contributed by atoms with E-state index in [4.69, 9.17) is 0 Å². The lowest BCUT2D eigenvalue weighted by Crippen LogP contribution is -2.49. The summed E-state index contributed by atoms with van der Waals surface area (Å²) in [6.07, 6.45) is 4.68. The van der Waals surface area contributed by atoms with Crippen molar-refractivity contribution in [1.82, 2.24) is 20.4 Å². The zero-order valence-corrected chi connectivity index (χ0v) is 17.2. The molecule has 0 unspecified atom stereocenters. The first-order valence-electron chi connectivity index (χ1n) is 10.2. The van der Waals surface area contributed by atoms with Crippen LogP contribution in [-0.2, 0) is 6.54 Å². The summed E-state index contributed by atoms with van der Waals surface area (Å²) in [6.45, 7) is 8.29. The molecule has 0 aliphatic carbocycles. The van der Waals surface area contributed by atoms with E-state index in [-0.39, 0.29) is 5.82 Å². The van der Waals surface area contributed by atoms with Crippen molar-refractivity contribution in [2.45, 2.75) is 45.2 Å². The Labute approximate surface area is 164 Å². The molecule has 2 rings (SSSR count). The van der Waals surface area contributed by atoms with Crippen molar-refractivity contribution >= 4 is 5.96 Å². The number of nitrogens with one attached hydrogen (secondary N) is 2. The summed E-state index contributed by atoms with van der Waals surface area (Å²) < 4.78 is 13.0. The molecule has 0 amide bonds. The summed E-state index contributed by atoms with van der Waals surface area (Å²) >= 11 is 0. The summed E-state index contributed by atoms with van der Waals surface area (Å²) in [5, 5.41) is 6.99. The average Bonchev–Trinajstić information content (AvgIpc) is 2.68. The number of aliphatic imine (C=N–C) groups is 1. The molecule has 1 fully saturated rings. The van der Waals surface area contributed by atoms with E-state index in [2.05, 4.69) is 39.4 Å². The summed E-state index contributed by atoms with van der Waals surface area (Å²) in [5.74, 6) is 0.730. The second-order valence-corrected chi connectivity index (χ2v) is 7.48. The van der Waals surface area contributed by atoms with Crippen LogP contribution in [0.4, 0.5) is 4.39 Å². The molecule has 6 heteroatoms. The quantitative estimate of drug-likeness (QED) is 0.513. The number of likely N-dealkylation sites (N-methyl/N-ethyl adjacent to an activating group) is 1. The molecule has 0 spiro atoms. The number of halogens is 1.